The molecule has 0 fully saturated rings. The van der Waals surface area contributed by atoms with E-state index in [0.717, 1.165) is 0 Å². The third-order valence-corrected chi connectivity index (χ3v) is 3.58. The van der Waals surface area contributed by atoms with E-state index in [9.17, 15) is 19.0 Å². The normalized spacial score (nSPS) is 12.1. The van der Waals surface area contributed by atoms with Gasteiger partial charge < -0.3 is 15.1 Å². The summed E-state index contributed by atoms with van der Waals surface area (Å²) in [6.07, 6.45) is -0.577. The van der Waals surface area contributed by atoms with Crippen LogP contribution in [0.4, 0.5) is 0 Å². The molecular weight excluding hydrogens is 251 g/mol. The van der Waals surface area contributed by atoms with Crippen molar-refractivity contribution in [1.29, 1.82) is 0 Å². The van der Waals surface area contributed by atoms with Gasteiger partial charge in [0.05, 0.1) is 25.7 Å². The fourth-order valence-corrected chi connectivity index (χ4v) is 3.16. The van der Waals surface area contributed by atoms with Gasteiger partial charge in [-0.3, -0.25) is 24.0 Å². The maximum absolute atomic E-state index is 11.7. The van der Waals surface area contributed by atoms with Crippen LogP contribution in [-0.2, 0) is 14.2 Å². The van der Waals surface area contributed by atoms with Crippen LogP contribution in [0.5, 0.6) is 0 Å². The average molecular weight is 268 g/mol. The molecule has 0 saturated carbocycles. The zero-order chi connectivity index (χ0) is 13.6. The first-order valence-corrected chi connectivity index (χ1v) is 6.77. The minimum absolute atomic E-state index is 0.288. The van der Waals surface area contributed by atoms with Gasteiger partial charge in [-0.25, -0.2) is 0 Å². The first-order chi connectivity index (χ1) is 7.62. The largest absolute Gasteiger partial charge is 0.480 e. The molecule has 0 aromatic heterocycles. The predicted molar refractivity (Wildman–Crippen MR) is 60.1 cm³/mol. The summed E-state index contributed by atoms with van der Waals surface area (Å²) in [5, 5.41) is 17.0. The number of carbonyl (C=O) groups is 2. The van der Waals surface area contributed by atoms with Crippen molar-refractivity contribution in [2.45, 2.75) is 0 Å². The molecule has 0 saturated heterocycles. The molecule has 0 aliphatic rings. The molecule has 100 valence electrons. The lowest BCUT2D eigenvalue weighted by Gasteiger charge is -2.22. The predicted octanol–water partition coefficient (Wildman–Crippen LogP) is -0.795. The number of carboxylic acid groups (broad SMARTS) is 2. The van der Waals surface area contributed by atoms with Gasteiger partial charge in [-0.15, -0.1) is 0 Å². The molecule has 17 heavy (non-hydrogen) atoms. The maximum Gasteiger partial charge on any atom is 0.317 e. The topological polar surface area (TPSA) is 118 Å². The molecule has 0 aliphatic carbocycles. The number of nitrogens with zero attached hydrogens (tertiary/aromatic N) is 2. The molecule has 0 bridgehead atoms. The van der Waals surface area contributed by atoms with E-state index in [2.05, 4.69) is 0 Å². The zero-order valence-electron chi connectivity index (χ0n) is 9.74. The molecule has 0 aliphatic heterocycles. The van der Waals surface area contributed by atoms with E-state index in [-0.39, 0.29) is 25.7 Å². The van der Waals surface area contributed by atoms with Crippen LogP contribution in [0, 0.1) is 0 Å². The number of hydrogen-bond acceptors (Lipinski definition) is 5. The minimum Gasteiger partial charge on any atom is -0.480 e. The van der Waals surface area contributed by atoms with Gasteiger partial charge in [0.2, 0.25) is 7.37 Å². The summed E-state index contributed by atoms with van der Waals surface area (Å²) in [7, 11) is -0.770. The molecule has 0 aromatic carbocycles. The number of carboxylic acids is 2. The van der Waals surface area contributed by atoms with Crippen LogP contribution >= 0.6 is 7.37 Å². The number of rotatable bonds is 8. The Morgan fingerprint density at radius 2 is 1.29 bits per heavy atom. The molecule has 0 rings (SSSR count). The highest BCUT2D eigenvalue weighted by Crippen LogP contribution is 2.40. The highest BCUT2D eigenvalue weighted by atomic mass is 31.2. The van der Waals surface area contributed by atoms with Gasteiger partial charge in [0.1, 0.15) is 0 Å². The summed E-state index contributed by atoms with van der Waals surface area (Å²) in [5.41, 5.74) is 0. The van der Waals surface area contributed by atoms with Gasteiger partial charge >= 0.3 is 11.9 Å². The molecule has 3 N–H and O–H groups in total. The van der Waals surface area contributed by atoms with Crippen LogP contribution in [0.2, 0.25) is 0 Å². The summed E-state index contributed by atoms with van der Waals surface area (Å²) in [6, 6.07) is 0. The SMILES string of the molecule is CN(CC(=O)O)CP(=O)(O)CN(C)CC(=O)O. The molecule has 0 atom stereocenters. The van der Waals surface area contributed by atoms with E-state index in [1.165, 1.54) is 23.9 Å². The lowest BCUT2D eigenvalue weighted by atomic mass is 10.6. The van der Waals surface area contributed by atoms with E-state index < -0.39 is 19.3 Å². The maximum atomic E-state index is 11.7. The lowest BCUT2D eigenvalue weighted by molar-refractivity contribution is -0.138. The second-order valence-electron chi connectivity index (χ2n) is 3.94. The summed E-state index contributed by atoms with van der Waals surface area (Å²) in [4.78, 5) is 32.7. The van der Waals surface area contributed by atoms with Crippen LogP contribution in [-0.4, -0.2) is 76.6 Å². The third kappa shape index (κ3) is 8.82. The first kappa shape index (κ1) is 16.1. The fraction of sp³-hybridized carbons (Fsp3) is 0.750. The Balaban J connectivity index is 4.23. The second-order valence-corrected chi connectivity index (χ2v) is 6.20. The number of likely N-dealkylation sites (N-methyl/N-ethyl adjacent to an activating group) is 2. The highest BCUT2D eigenvalue weighted by Gasteiger charge is 2.24. The number of hydrogen-bond donors (Lipinski definition) is 3. The standard InChI is InChI=1S/C8H17N2O6P/c1-9(3-7(11)12)5-17(15,16)6-10(2)4-8(13)14/h3-6H2,1-2H3,(H,11,12)(H,13,14)(H,15,16). The Morgan fingerprint density at radius 3 is 1.53 bits per heavy atom. The Hall–Kier alpha value is -0.950. The van der Waals surface area contributed by atoms with Crippen molar-refractivity contribution in [3.05, 3.63) is 0 Å². The van der Waals surface area contributed by atoms with Gasteiger partial charge in [0, 0.05) is 0 Å². The van der Waals surface area contributed by atoms with Gasteiger partial charge in [-0.1, -0.05) is 0 Å². The fourth-order valence-electron chi connectivity index (χ4n) is 1.36. The molecule has 0 unspecified atom stereocenters. The number of aliphatic carboxylic acids is 2. The van der Waals surface area contributed by atoms with Crippen LogP contribution < -0.4 is 0 Å². The van der Waals surface area contributed by atoms with Gasteiger partial charge in [0.25, 0.3) is 0 Å². The smallest absolute Gasteiger partial charge is 0.317 e. The van der Waals surface area contributed by atoms with E-state index in [4.69, 9.17) is 10.2 Å². The summed E-state index contributed by atoms with van der Waals surface area (Å²) in [5.74, 6) is -2.18. The van der Waals surface area contributed by atoms with Crippen LogP contribution in [0.1, 0.15) is 0 Å². The van der Waals surface area contributed by atoms with Crippen LogP contribution in [0.15, 0.2) is 0 Å². The van der Waals surface area contributed by atoms with Gasteiger partial charge in [-0.2, -0.15) is 0 Å². The Bertz CT molecular complexity index is 306. The third-order valence-electron chi connectivity index (χ3n) is 1.74. The van der Waals surface area contributed by atoms with Crippen molar-refractivity contribution in [3.8, 4) is 0 Å². The van der Waals surface area contributed by atoms with E-state index >= 15 is 0 Å². The Labute approximate surface area is 98.9 Å². The summed E-state index contributed by atoms with van der Waals surface area (Å²) < 4.78 is 11.7. The molecule has 0 radical (unpaired) electrons. The molecule has 8 nitrogen and oxygen atoms in total. The van der Waals surface area contributed by atoms with Crippen molar-refractivity contribution in [3.63, 3.8) is 0 Å². The Kier molecular flexibility index (Phi) is 6.33. The zero-order valence-corrected chi connectivity index (χ0v) is 10.6. The molecule has 0 aromatic rings. The molecule has 9 heteroatoms. The van der Waals surface area contributed by atoms with Crippen LogP contribution in [0.3, 0.4) is 0 Å². The van der Waals surface area contributed by atoms with E-state index in [1.807, 2.05) is 0 Å². The van der Waals surface area contributed by atoms with Crippen LogP contribution in [0.25, 0.3) is 0 Å². The van der Waals surface area contributed by atoms with Crippen molar-refractivity contribution in [2.75, 3.05) is 39.8 Å². The van der Waals surface area contributed by atoms with Crippen molar-refractivity contribution in [2.24, 2.45) is 0 Å². The summed E-state index contributed by atoms with van der Waals surface area (Å²) in [6.45, 7) is -0.680. The van der Waals surface area contributed by atoms with E-state index in [0.29, 0.717) is 0 Å². The highest BCUT2D eigenvalue weighted by molar-refractivity contribution is 7.57. The quantitative estimate of drug-likeness (QED) is 0.490. The van der Waals surface area contributed by atoms with Crippen molar-refractivity contribution >= 4 is 19.3 Å². The summed E-state index contributed by atoms with van der Waals surface area (Å²) >= 11 is 0. The first-order valence-electron chi connectivity index (χ1n) is 4.74. The lowest BCUT2D eigenvalue weighted by Crippen LogP contribution is -2.31. The minimum atomic E-state index is -3.59. The molecule has 0 amide bonds. The van der Waals surface area contributed by atoms with Gasteiger partial charge in [-0.05, 0) is 14.1 Å². The average Bonchev–Trinajstić information content (AvgIpc) is 1.95. The Morgan fingerprint density at radius 1 is 1.00 bits per heavy atom. The monoisotopic (exact) mass is 268 g/mol. The second kappa shape index (κ2) is 6.70. The van der Waals surface area contributed by atoms with Crippen molar-refractivity contribution in [1.82, 2.24) is 9.80 Å². The molecule has 0 heterocycles. The van der Waals surface area contributed by atoms with E-state index in [1.54, 1.807) is 0 Å². The molecular formula is C8H17N2O6P. The molecule has 0 spiro atoms. The van der Waals surface area contributed by atoms with Crippen molar-refractivity contribution < 1.29 is 29.3 Å². The van der Waals surface area contributed by atoms with Gasteiger partial charge in [0.15, 0.2) is 0 Å².